The summed E-state index contributed by atoms with van der Waals surface area (Å²) in [5.41, 5.74) is 0.157. The highest BCUT2D eigenvalue weighted by atomic mass is 19.2. The minimum absolute atomic E-state index is 0.0113. The Morgan fingerprint density at radius 3 is 2.58 bits per heavy atom. The molecule has 3 rings (SSSR count). The number of amides is 2. The number of piperazine rings is 1. The highest BCUT2D eigenvalue weighted by Crippen LogP contribution is 2.16. The summed E-state index contributed by atoms with van der Waals surface area (Å²) in [5.74, 6) is -1.80. The monoisotopic (exact) mass is 339 g/mol. The number of benzene rings is 1. The summed E-state index contributed by atoms with van der Waals surface area (Å²) >= 11 is 0. The fourth-order valence-corrected chi connectivity index (χ4v) is 3.31. The van der Waals surface area contributed by atoms with Gasteiger partial charge in [0, 0.05) is 57.5 Å². The Kier molecular flexibility index (Phi) is 5.63. The fourth-order valence-electron chi connectivity index (χ4n) is 3.31. The van der Waals surface area contributed by atoms with Crippen molar-refractivity contribution in [1.29, 1.82) is 0 Å². The maximum atomic E-state index is 13.6. The summed E-state index contributed by atoms with van der Waals surface area (Å²) in [4.78, 5) is 16.4. The molecule has 0 bridgehead atoms. The number of nitrogens with zero attached hydrogens (tertiary/aromatic N) is 2. The maximum absolute atomic E-state index is 13.6. The van der Waals surface area contributed by atoms with Crippen molar-refractivity contribution in [2.45, 2.75) is 25.4 Å². The summed E-state index contributed by atoms with van der Waals surface area (Å²) in [6, 6.07) is 4.29. The third kappa shape index (κ3) is 4.02. The zero-order valence-corrected chi connectivity index (χ0v) is 13.6. The van der Waals surface area contributed by atoms with Crippen molar-refractivity contribution in [2.75, 3.05) is 39.4 Å². The summed E-state index contributed by atoms with van der Waals surface area (Å²) in [7, 11) is 0. The van der Waals surface area contributed by atoms with E-state index in [2.05, 4.69) is 10.2 Å². The van der Waals surface area contributed by atoms with Crippen LogP contribution in [0.5, 0.6) is 0 Å². The van der Waals surface area contributed by atoms with Gasteiger partial charge in [0.25, 0.3) is 0 Å². The molecule has 2 fully saturated rings. The second-order valence-corrected chi connectivity index (χ2v) is 6.24. The molecule has 24 heavy (non-hydrogen) atoms. The first kappa shape index (κ1) is 17.1. The molecule has 5 nitrogen and oxygen atoms in total. The lowest BCUT2D eigenvalue weighted by Crippen LogP contribution is -2.54. The van der Waals surface area contributed by atoms with Crippen LogP contribution in [0.4, 0.5) is 13.6 Å². The van der Waals surface area contributed by atoms with E-state index in [4.69, 9.17) is 4.74 Å². The molecule has 1 aromatic rings. The minimum atomic E-state index is -0.901. The van der Waals surface area contributed by atoms with Gasteiger partial charge in [0.15, 0.2) is 11.6 Å². The van der Waals surface area contributed by atoms with Crippen molar-refractivity contribution in [3.8, 4) is 0 Å². The Balaban J connectivity index is 1.46. The largest absolute Gasteiger partial charge is 0.381 e. The van der Waals surface area contributed by atoms with Gasteiger partial charge in [0.1, 0.15) is 0 Å². The Bertz CT molecular complexity index is 571. The van der Waals surface area contributed by atoms with E-state index < -0.39 is 11.6 Å². The third-order valence-electron chi connectivity index (χ3n) is 4.77. The Hall–Kier alpha value is -1.73. The standard InChI is InChI=1S/C17H23F2N3O2/c18-15-3-1-2-13(16(15)19)12-20-17(23)22-8-6-21(7-9-22)14-4-10-24-11-5-14/h1-3,14H,4-12H2,(H,20,23). The third-order valence-corrected chi connectivity index (χ3v) is 4.77. The first-order valence-corrected chi connectivity index (χ1v) is 8.42. The molecule has 0 aromatic heterocycles. The van der Waals surface area contributed by atoms with Gasteiger partial charge >= 0.3 is 6.03 Å². The zero-order chi connectivity index (χ0) is 16.9. The molecule has 0 saturated carbocycles. The predicted molar refractivity (Wildman–Crippen MR) is 85.6 cm³/mol. The van der Waals surface area contributed by atoms with Crippen LogP contribution in [0.3, 0.4) is 0 Å². The molecule has 2 aliphatic rings. The van der Waals surface area contributed by atoms with Crippen LogP contribution >= 0.6 is 0 Å². The number of carbonyl (C=O) groups excluding carboxylic acids is 1. The SMILES string of the molecule is O=C(NCc1cccc(F)c1F)N1CCN(C2CCOCC2)CC1. The molecule has 2 aliphatic heterocycles. The number of hydrogen-bond donors (Lipinski definition) is 1. The second-order valence-electron chi connectivity index (χ2n) is 6.24. The molecule has 0 aliphatic carbocycles. The average Bonchev–Trinajstić information content (AvgIpc) is 2.63. The van der Waals surface area contributed by atoms with E-state index in [1.165, 1.54) is 12.1 Å². The first-order valence-electron chi connectivity index (χ1n) is 8.42. The van der Waals surface area contributed by atoms with Crippen LogP contribution in [0.25, 0.3) is 0 Å². The normalized spacial score (nSPS) is 20.2. The van der Waals surface area contributed by atoms with Gasteiger partial charge in [-0.05, 0) is 18.9 Å². The van der Waals surface area contributed by atoms with Gasteiger partial charge < -0.3 is 15.0 Å². The van der Waals surface area contributed by atoms with Gasteiger partial charge in [0.2, 0.25) is 0 Å². The Morgan fingerprint density at radius 1 is 1.17 bits per heavy atom. The van der Waals surface area contributed by atoms with Crippen LogP contribution in [0, 0.1) is 11.6 Å². The van der Waals surface area contributed by atoms with Gasteiger partial charge in [-0.1, -0.05) is 12.1 Å². The quantitative estimate of drug-likeness (QED) is 0.916. The lowest BCUT2D eigenvalue weighted by Gasteiger charge is -2.40. The topological polar surface area (TPSA) is 44.8 Å². The van der Waals surface area contributed by atoms with Gasteiger partial charge in [-0.2, -0.15) is 0 Å². The number of hydrogen-bond acceptors (Lipinski definition) is 3. The number of halogens is 2. The first-order chi connectivity index (χ1) is 11.6. The van der Waals surface area contributed by atoms with Gasteiger partial charge in [-0.25, -0.2) is 13.6 Å². The number of nitrogens with one attached hydrogen (secondary N) is 1. The van der Waals surface area contributed by atoms with E-state index in [0.29, 0.717) is 19.1 Å². The van der Waals surface area contributed by atoms with Crippen LogP contribution in [-0.2, 0) is 11.3 Å². The molecule has 1 N–H and O–H groups in total. The smallest absolute Gasteiger partial charge is 0.317 e. The number of urea groups is 1. The van der Waals surface area contributed by atoms with E-state index in [1.54, 1.807) is 4.90 Å². The molecular formula is C17H23F2N3O2. The highest BCUT2D eigenvalue weighted by molar-refractivity contribution is 5.74. The molecule has 2 amide bonds. The molecule has 0 atom stereocenters. The van der Waals surface area contributed by atoms with E-state index in [9.17, 15) is 13.6 Å². The van der Waals surface area contributed by atoms with Crippen LogP contribution < -0.4 is 5.32 Å². The lowest BCUT2D eigenvalue weighted by molar-refractivity contribution is 0.0187. The van der Waals surface area contributed by atoms with Crippen molar-refractivity contribution in [3.63, 3.8) is 0 Å². The lowest BCUT2D eigenvalue weighted by atomic mass is 10.1. The second kappa shape index (κ2) is 7.90. The Labute approximate surface area is 140 Å². The number of ether oxygens (including phenoxy) is 1. The van der Waals surface area contributed by atoms with Crippen LogP contribution in [0.1, 0.15) is 18.4 Å². The summed E-state index contributed by atoms with van der Waals surface area (Å²) in [6.07, 6.45) is 2.09. The molecular weight excluding hydrogens is 316 g/mol. The van der Waals surface area contributed by atoms with Crippen LogP contribution in [-0.4, -0.2) is 61.3 Å². The van der Waals surface area contributed by atoms with E-state index >= 15 is 0 Å². The molecule has 7 heteroatoms. The van der Waals surface area contributed by atoms with Gasteiger partial charge in [-0.15, -0.1) is 0 Å². The molecule has 0 unspecified atom stereocenters. The minimum Gasteiger partial charge on any atom is -0.381 e. The van der Waals surface area contributed by atoms with Crippen molar-refractivity contribution < 1.29 is 18.3 Å². The molecule has 0 radical (unpaired) electrons. The Morgan fingerprint density at radius 2 is 1.88 bits per heavy atom. The van der Waals surface area contributed by atoms with Crippen molar-refractivity contribution in [2.24, 2.45) is 0 Å². The molecule has 2 saturated heterocycles. The zero-order valence-electron chi connectivity index (χ0n) is 13.6. The fraction of sp³-hybridized carbons (Fsp3) is 0.588. The van der Waals surface area contributed by atoms with E-state index in [-0.39, 0.29) is 18.1 Å². The van der Waals surface area contributed by atoms with Crippen molar-refractivity contribution in [3.05, 3.63) is 35.4 Å². The van der Waals surface area contributed by atoms with Crippen molar-refractivity contribution >= 4 is 6.03 Å². The van der Waals surface area contributed by atoms with Crippen LogP contribution in [0.2, 0.25) is 0 Å². The predicted octanol–water partition coefficient (Wildman–Crippen LogP) is 1.97. The number of carbonyl (C=O) groups is 1. The number of rotatable bonds is 3. The molecule has 2 heterocycles. The highest BCUT2D eigenvalue weighted by Gasteiger charge is 2.27. The van der Waals surface area contributed by atoms with Gasteiger partial charge in [0.05, 0.1) is 0 Å². The summed E-state index contributed by atoms with van der Waals surface area (Å²) in [6.45, 7) is 4.58. The van der Waals surface area contributed by atoms with Crippen LogP contribution in [0.15, 0.2) is 18.2 Å². The van der Waals surface area contributed by atoms with E-state index in [1.807, 2.05) is 0 Å². The molecule has 1 aromatic carbocycles. The maximum Gasteiger partial charge on any atom is 0.317 e. The van der Waals surface area contributed by atoms with Gasteiger partial charge in [-0.3, -0.25) is 4.90 Å². The van der Waals surface area contributed by atoms with E-state index in [0.717, 1.165) is 45.2 Å². The average molecular weight is 339 g/mol. The molecule has 0 spiro atoms. The summed E-state index contributed by atoms with van der Waals surface area (Å²) < 4.78 is 32.1. The summed E-state index contributed by atoms with van der Waals surface area (Å²) in [5, 5.41) is 2.67. The molecule has 132 valence electrons. The van der Waals surface area contributed by atoms with Crippen molar-refractivity contribution in [1.82, 2.24) is 15.1 Å².